The maximum absolute atomic E-state index is 10.4. The number of carbonyl (C=O) groups is 7. The van der Waals surface area contributed by atoms with Gasteiger partial charge < -0.3 is 37.8 Å². The first-order valence-corrected chi connectivity index (χ1v) is 7.77. The number of hydrogen-bond donors (Lipinski definition) is 0. The third-order valence-corrected chi connectivity index (χ3v) is 1.57. The van der Waals surface area contributed by atoms with E-state index >= 15 is 0 Å². The zero-order valence-corrected chi connectivity index (χ0v) is 21.5. The quantitative estimate of drug-likeness (QED) is 0.332. The second-order valence-electron chi connectivity index (χ2n) is 4.73. The van der Waals surface area contributed by atoms with Crippen molar-refractivity contribution >= 4 is 56.4 Å². The van der Waals surface area contributed by atoms with Gasteiger partial charge in [0.15, 0.2) is 0 Å². The molecule has 31 heavy (non-hydrogen) atoms. The number of carboxylic acid groups (broad SMARTS) is 1. The van der Waals surface area contributed by atoms with E-state index < -0.39 is 56.4 Å². The van der Waals surface area contributed by atoms with Crippen LogP contribution in [0.3, 0.4) is 0 Å². The first-order valence-electron chi connectivity index (χ1n) is 7.77. The molecule has 14 nitrogen and oxygen atoms in total. The molecule has 0 spiro atoms. The second-order valence-corrected chi connectivity index (χ2v) is 4.73. The van der Waals surface area contributed by atoms with Gasteiger partial charge in [-0.05, 0) is 6.92 Å². The first-order chi connectivity index (χ1) is 13.6. The Labute approximate surface area is 221 Å². The van der Waals surface area contributed by atoms with Gasteiger partial charge >= 0.3 is 66.0 Å². The molecule has 0 bridgehead atoms. The van der Waals surface area contributed by atoms with Crippen molar-refractivity contribution in [3.8, 4) is 0 Å². The van der Waals surface area contributed by atoms with Crippen LogP contribution in [0.25, 0.3) is 0 Å². The number of hydrogen-bond acceptors (Lipinski definition) is 14. The molecule has 168 valence electrons. The molecule has 0 atom stereocenters. The van der Waals surface area contributed by atoms with Gasteiger partial charge in [-0.3, -0.25) is 28.8 Å². The van der Waals surface area contributed by atoms with E-state index in [9.17, 15) is 28.8 Å². The summed E-state index contributed by atoms with van der Waals surface area (Å²) in [4.78, 5) is 71.4. The molecule has 0 aromatic heterocycles. The van der Waals surface area contributed by atoms with Crippen LogP contribution in [-0.2, 0) is 61.5 Å². The van der Waals surface area contributed by atoms with Gasteiger partial charge in [-0.1, -0.05) is 0 Å². The van der Waals surface area contributed by atoms with Gasteiger partial charge in [0.25, 0.3) is 35.8 Å². The monoisotopic (exact) mass is 474 g/mol. The molecule has 0 aromatic carbocycles. The van der Waals surface area contributed by atoms with Crippen LogP contribution in [0.15, 0.2) is 0 Å². The molecule has 0 heterocycles. The van der Waals surface area contributed by atoms with Crippen LogP contribution in [-0.4, -0.2) is 56.4 Å². The normalized spacial score (nSPS) is 7.97. The maximum Gasteiger partial charge on any atom is 1.00 e. The molecule has 0 radical (unpaired) electrons. The summed E-state index contributed by atoms with van der Waals surface area (Å²) in [5.41, 5.74) is 0. The van der Waals surface area contributed by atoms with Gasteiger partial charge in [-0.25, -0.2) is 0 Å². The molecule has 0 aliphatic heterocycles. The Bertz CT molecular complexity index is 510. The number of rotatable bonds is 6. The zero-order chi connectivity index (χ0) is 24.4. The average molecular weight is 474 g/mol. The van der Waals surface area contributed by atoms with Gasteiger partial charge in [-0.2, -0.15) is 0 Å². The Morgan fingerprint density at radius 2 is 0.548 bits per heavy atom. The van der Waals surface area contributed by atoms with E-state index in [4.69, 9.17) is 9.90 Å². The van der Waals surface area contributed by atoms with Crippen molar-refractivity contribution in [1.82, 2.24) is 0 Å². The molecule has 0 fully saturated rings. The number of aliphatic carboxylic acids is 1. The summed E-state index contributed by atoms with van der Waals surface area (Å²) < 4.78 is 26.1. The van der Waals surface area contributed by atoms with Crippen molar-refractivity contribution in [2.75, 3.05) is 0 Å². The summed E-state index contributed by atoms with van der Waals surface area (Å²) in [6, 6.07) is 0. The first kappa shape index (κ1) is 36.4. The van der Waals surface area contributed by atoms with Gasteiger partial charge in [0.2, 0.25) is 0 Å². The Kier molecular flexibility index (Phi) is 25.0. The van der Waals surface area contributed by atoms with Crippen LogP contribution in [0, 0.1) is 0 Å². The Balaban J connectivity index is -0.000000195. The molecule has 0 aliphatic rings. The average Bonchev–Trinajstić information content (AvgIpc) is 2.42. The molecular weight excluding hydrogens is 453 g/mol. The largest absolute Gasteiger partial charge is 1.00 e. The smallest absolute Gasteiger partial charge is 0.550 e. The minimum absolute atomic E-state index is 0. The minimum Gasteiger partial charge on any atom is -0.550 e. The molecular formula is C14H21B2KO14. The third-order valence-electron chi connectivity index (χ3n) is 1.57. The van der Waals surface area contributed by atoms with Gasteiger partial charge in [-0.15, -0.1) is 0 Å². The molecule has 0 aromatic rings. The van der Waals surface area contributed by atoms with Gasteiger partial charge in [0.1, 0.15) is 0 Å². The fourth-order valence-electron chi connectivity index (χ4n) is 0.957. The number of carboxylic acids is 1. The van der Waals surface area contributed by atoms with Crippen LogP contribution < -0.4 is 56.5 Å². The number of carbonyl (C=O) groups excluding carboxylic acids is 7. The fourth-order valence-corrected chi connectivity index (χ4v) is 0.957. The molecule has 0 N–H and O–H groups in total. The second kappa shape index (κ2) is 21.3. The summed E-state index contributed by atoms with van der Waals surface area (Å²) in [7, 11) is -3.18. The van der Waals surface area contributed by atoms with Crippen molar-refractivity contribution in [1.29, 1.82) is 0 Å². The predicted octanol–water partition coefficient (Wildman–Crippen LogP) is -4.92. The predicted molar refractivity (Wildman–Crippen MR) is 92.8 cm³/mol. The van der Waals surface area contributed by atoms with Crippen molar-refractivity contribution in [3.63, 3.8) is 0 Å². The van der Waals surface area contributed by atoms with Crippen LogP contribution in [0.2, 0.25) is 0 Å². The van der Waals surface area contributed by atoms with E-state index in [2.05, 4.69) is 27.9 Å². The van der Waals surface area contributed by atoms with Crippen molar-refractivity contribution < 1.29 is 118 Å². The Morgan fingerprint density at radius 3 is 0.613 bits per heavy atom. The minimum atomic E-state index is -1.59. The van der Waals surface area contributed by atoms with E-state index in [1.165, 1.54) is 0 Å². The van der Waals surface area contributed by atoms with E-state index in [1.54, 1.807) is 0 Å². The van der Waals surface area contributed by atoms with Crippen molar-refractivity contribution in [2.45, 2.75) is 48.5 Å². The summed E-state index contributed by atoms with van der Waals surface area (Å²) in [6.07, 6.45) is 0. The molecule has 0 amide bonds. The molecule has 0 unspecified atom stereocenters. The van der Waals surface area contributed by atoms with Crippen LogP contribution in [0.1, 0.15) is 48.5 Å². The van der Waals surface area contributed by atoms with Crippen molar-refractivity contribution in [2.24, 2.45) is 0 Å². The van der Waals surface area contributed by atoms with E-state index in [-0.39, 0.29) is 51.4 Å². The zero-order valence-electron chi connectivity index (χ0n) is 18.4. The fraction of sp³-hybridized carbons (Fsp3) is 0.500. The van der Waals surface area contributed by atoms with Gasteiger partial charge in [0, 0.05) is 47.5 Å². The van der Waals surface area contributed by atoms with Crippen LogP contribution in [0.5, 0.6) is 0 Å². The van der Waals surface area contributed by atoms with Crippen LogP contribution >= 0.6 is 0 Å². The molecule has 0 aliphatic carbocycles. The summed E-state index contributed by atoms with van der Waals surface area (Å²) in [6.45, 7) is 7.56. The van der Waals surface area contributed by atoms with Crippen molar-refractivity contribution in [3.05, 3.63) is 0 Å². The molecule has 0 saturated carbocycles. The Hall–Kier alpha value is -1.94. The maximum atomic E-state index is 10.4. The molecule has 17 heteroatoms. The standard InChI is InChI=1S/2C6H9BO6.C2H4O2.K/c2*1-4(8)11-7(12-5(2)9)13-6(3)10;1-2(3)4;/h2*1-3H3;1H3,(H,3,4);/q;;;+1/p-1. The molecule has 0 rings (SSSR count). The third kappa shape index (κ3) is 39.2. The van der Waals surface area contributed by atoms with E-state index in [0.29, 0.717) is 0 Å². The summed E-state index contributed by atoms with van der Waals surface area (Å²) >= 11 is 0. The van der Waals surface area contributed by atoms with E-state index in [1.807, 2.05) is 0 Å². The SMILES string of the molecule is CC(=O)OB(OC(C)=O)OC(C)=O.CC(=O)OB(OC(C)=O)OC(C)=O.CC(=O)[O-].[K+]. The summed E-state index contributed by atoms with van der Waals surface area (Å²) in [5.74, 6) is -5.37. The van der Waals surface area contributed by atoms with Crippen LogP contribution in [0.4, 0.5) is 0 Å². The molecule has 0 saturated heterocycles. The Morgan fingerprint density at radius 1 is 0.452 bits per heavy atom. The topological polar surface area (TPSA) is 198 Å². The van der Waals surface area contributed by atoms with Gasteiger partial charge in [0.05, 0.1) is 0 Å². The summed E-state index contributed by atoms with van der Waals surface area (Å²) in [5, 5.41) is 8.89. The van der Waals surface area contributed by atoms with E-state index in [0.717, 1.165) is 48.5 Å².